The average Bonchev–Trinajstić information content (AvgIpc) is 2.45. The fourth-order valence-electron chi connectivity index (χ4n) is 2.02. The molecule has 21 heavy (non-hydrogen) atoms. The van der Waals surface area contributed by atoms with Crippen LogP contribution >= 0.6 is 0 Å². The first-order valence-electron chi connectivity index (χ1n) is 6.48. The molecular formula is C16H16N2O3. The van der Waals surface area contributed by atoms with Crippen molar-refractivity contribution in [2.24, 2.45) is 0 Å². The molecule has 0 aromatic heterocycles. The third kappa shape index (κ3) is 4.07. The lowest BCUT2D eigenvalue weighted by Crippen LogP contribution is -2.23. The number of rotatable bonds is 5. The van der Waals surface area contributed by atoms with E-state index in [1.807, 2.05) is 6.07 Å². The highest BCUT2D eigenvalue weighted by Crippen LogP contribution is 2.11. The van der Waals surface area contributed by atoms with Gasteiger partial charge in [0.25, 0.3) is 5.91 Å². The highest BCUT2D eigenvalue weighted by molar-refractivity contribution is 5.94. The van der Waals surface area contributed by atoms with Gasteiger partial charge in [0.05, 0.1) is 6.42 Å². The molecule has 5 nitrogen and oxygen atoms in total. The van der Waals surface area contributed by atoms with Crippen molar-refractivity contribution in [1.29, 1.82) is 0 Å². The molecule has 0 unspecified atom stereocenters. The number of amides is 1. The number of carbonyl (C=O) groups excluding carboxylic acids is 1. The van der Waals surface area contributed by atoms with Crippen LogP contribution in [0.1, 0.15) is 21.5 Å². The maximum absolute atomic E-state index is 12.0. The molecule has 0 atom stereocenters. The van der Waals surface area contributed by atoms with Crippen LogP contribution in [0.25, 0.3) is 0 Å². The molecule has 2 aromatic carbocycles. The second-order valence-corrected chi connectivity index (χ2v) is 4.65. The second kappa shape index (κ2) is 6.56. The van der Waals surface area contributed by atoms with E-state index in [1.165, 1.54) is 0 Å². The first-order valence-corrected chi connectivity index (χ1v) is 6.48. The summed E-state index contributed by atoms with van der Waals surface area (Å²) in [5, 5.41) is 11.6. The van der Waals surface area contributed by atoms with E-state index in [9.17, 15) is 9.59 Å². The summed E-state index contributed by atoms with van der Waals surface area (Å²) in [5.74, 6) is -1.14. The molecule has 0 bridgehead atoms. The molecule has 0 aliphatic rings. The van der Waals surface area contributed by atoms with E-state index >= 15 is 0 Å². The van der Waals surface area contributed by atoms with E-state index in [1.54, 1.807) is 42.5 Å². The predicted octanol–water partition coefficient (Wildman–Crippen LogP) is 1.83. The molecule has 108 valence electrons. The van der Waals surface area contributed by atoms with Crippen LogP contribution < -0.4 is 11.1 Å². The number of hydrogen-bond donors (Lipinski definition) is 3. The minimum absolute atomic E-state index is 0.0651. The lowest BCUT2D eigenvalue weighted by Gasteiger charge is -2.09. The molecule has 0 aliphatic carbocycles. The van der Waals surface area contributed by atoms with Crippen LogP contribution in [0, 0.1) is 0 Å². The molecule has 1 amide bonds. The lowest BCUT2D eigenvalue weighted by atomic mass is 10.0. The zero-order chi connectivity index (χ0) is 15.2. The van der Waals surface area contributed by atoms with Gasteiger partial charge < -0.3 is 16.2 Å². The van der Waals surface area contributed by atoms with Crippen LogP contribution in [-0.2, 0) is 17.8 Å². The van der Waals surface area contributed by atoms with Gasteiger partial charge in [0.2, 0.25) is 0 Å². The van der Waals surface area contributed by atoms with Gasteiger partial charge in [0, 0.05) is 17.8 Å². The number of carboxylic acid groups (broad SMARTS) is 1. The number of carboxylic acids is 1. The lowest BCUT2D eigenvalue weighted by molar-refractivity contribution is -0.136. The summed E-state index contributed by atoms with van der Waals surface area (Å²) in [6, 6.07) is 13.8. The molecule has 5 heteroatoms. The predicted molar refractivity (Wildman–Crippen MR) is 79.8 cm³/mol. The molecule has 0 spiro atoms. The normalized spacial score (nSPS) is 10.1. The van der Waals surface area contributed by atoms with E-state index in [0.29, 0.717) is 16.8 Å². The Morgan fingerprint density at radius 3 is 2.43 bits per heavy atom. The van der Waals surface area contributed by atoms with Crippen LogP contribution in [-0.4, -0.2) is 17.0 Å². The molecule has 0 radical (unpaired) electrons. The zero-order valence-corrected chi connectivity index (χ0v) is 11.4. The second-order valence-electron chi connectivity index (χ2n) is 4.65. The molecule has 0 saturated carbocycles. The maximum atomic E-state index is 12.0. The van der Waals surface area contributed by atoms with Crippen molar-refractivity contribution >= 4 is 17.6 Å². The summed E-state index contributed by atoms with van der Waals surface area (Å²) in [6.45, 7) is 0.275. The van der Waals surface area contributed by atoms with Crippen molar-refractivity contribution in [3.63, 3.8) is 0 Å². The maximum Gasteiger partial charge on any atom is 0.307 e. The molecule has 4 N–H and O–H groups in total. The fraction of sp³-hybridized carbons (Fsp3) is 0.125. The monoisotopic (exact) mass is 284 g/mol. The van der Waals surface area contributed by atoms with Gasteiger partial charge in [-0.15, -0.1) is 0 Å². The van der Waals surface area contributed by atoms with Crippen molar-refractivity contribution < 1.29 is 14.7 Å². The third-order valence-corrected chi connectivity index (χ3v) is 3.05. The number of nitrogens with one attached hydrogen (secondary N) is 1. The minimum atomic E-state index is -0.899. The van der Waals surface area contributed by atoms with E-state index in [2.05, 4.69) is 5.32 Å². The van der Waals surface area contributed by atoms with Gasteiger partial charge in [0.1, 0.15) is 0 Å². The standard InChI is InChI=1S/C16H16N2O3/c17-14-7-3-6-12(8-14)16(21)18-10-13-5-2-1-4-11(13)9-15(19)20/h1-8H,9-10,17H2,(H,18,21)(H,19,20). The van der Waals surface area contributed by atoms with Gasteiger partial charge in [-0.2, -0.15) is 0 Å². The Morgan fingerprint density at radius 2 is 1.76 bits per heavy atom. The molecular weight excluding hydrogens is 268 g/mol. The van der Waals surface area contributed by atoms with E-state index in [4.69, 9.17) is 10.8 Å². The third-order valence-electron chi connectivity index (χ3n) is 3.05. The number of aliphatic carboxylic acids is 1. The SMILES string of the molecule is Nc1cccc(C(=O)NCc2ccccc2CC(=O)O)c1. The summed E-state index contributed by atoms with van der Waals surface area (Å²) in [5.41, 5.74) is 8.12. The first-order chi connectivity index (χ1) is 10.1. The number of hydrogen-bond acceptors (Lipinski definition) is 3. The van der Waals surface area contributed by atoms with Crippen molar-refractivity contribution in [1.82, 2.24) is 5.32 Å². The van der Waals surface area contributed by atoms with Gasteiger partial charge in [-0.1, -0.05) is 30.3 Å². The van der Waals surface area contributed by atoms with Crippen LogP contribution in [0.2, 0.25) is 0 Å². The van der Waals surface area contributed by atoms with Gasteiger partial charge in [-0.05, 0) is 29.3 Å². The topological polar surface area (TPSA) is 92.4 Å². The molecule has 0 saturated heterocycles. The Bertz CT molecular complexity index is 668. The molecule has 0 aliphatic heterocycles. The van der Waals surface area contributed by atoms with Crippen molar-refractivity contribution in [2.75, 3.05) is 5.73 Å². The summed E-state index contributed by atoms with van der Waals surface area (Å²) < 4.78 is 0. The summed E-state index contributed by atoms with van der Waals surface area (Å²) in [7, 11) is 0. The van der Waals surface area contributed by atoms with Crippen molar-refractivity contribution in [2.45, 2.75) is 13.0 Å². The highest BCUT2D eigenvalue weighted by atomic mass is 16.4. The summed E-state index contributed by atoms with van der Waals surface area (Å²) >= 11 is 0. The van der Waals surface area contributed by atoms with Crippen LogP contribution in [0.3, 0.4) is 0 Å². The van der Waals surface area contributed by atoms with Gasteiger partial charge in [-0.25, -0.2) is 0 Å². The van der Waals surface area contributed by atoms with Crippen LogP contribution in [0.5, 0.6) is 0 Å². The Hall–Kier alpha value is -2.82. The van der Waals surface area contributed by atoms with Crippen molar-refractivity contribution in [3.8, 4) is 0 Å². The van der Waals surface area contributed by atoms with Gasteiger partial charge >= 0.3 is 5.97 Å². The first kappa shape index (κ1) is 14.6. The van der Waals surface area contributed by atoms with Gasteiger partial charge in [0.15, 0.2) is 0 Å². The average molecular weight is 284 g/mol. The number of anilines is 1. The molecule has 2 aromatic rings. The van der Waals surface area contributed by atoms with E-state index < -0.39 is 5.97 Å². The number of carbonyl (C=O) groups is 2. The number of benzene rings is 2. The van der Waals surface area contributed by atoms with Crippen molar-refractivity contribution in [3.05, 3.63) is 65.2 Å². The van der Waals surface area contributed by atoms with E-state index in [-0.39, 0.29) is 18.9 Å². The number of nitrogen functional groups attached to an aromatic ring is 1. The summed E-state index contributed by atoms with van der Waals surface area (Å²) in [6.07, 6.45) is -0.0651. The van der Waals surface area contributed by atoms with Crippen LogP contribution in [0.4, 0.5) is 5.69 Å². The Labute approximate surface area is 122 Å². The van der Waals surface area contributed by atoms with Gasteiger partial charge in [-0.3, -0.25) is 9.59 Å². The van der Waals surface area contributed by atoms with E-state index in [0.717, 1.165) is 5.56 Å². The quantitative estimate of drug-likeness (QED) is 0.730. The Kier molecular flexibility index (Phi) is 4.56. The Morgan fingerprint density at radius 1 is 1.05 bits per heavy atom. The minimum Gasteiger partial charge on any atom is -0.481 e. The fourth-order valence-corrected chi connectivity index (χ4v) is 2.02. The van der Waals surface area contributed by atoms with Crippen LogP contribution in [0.15, 0.2) is 48.5 Å². The molecule has 0 fully saturated rings. The largest absolute Gasteiger partial charge is 0.481 e. The zero-order valence-electron chi connectivity index (χ0n) is 11.4. The number of nitrogens with two attached hydrogens (primary N) is 1. The molecule has 2 rings (SSSR count). The molecule has 0 heterocycles. The highest BCUT2D eigenvalue weighted by Gasteiger charge is 2.09. The smallest absolute Gasteiger partial charge is 0.307 e. The summed E-state index contributed by atoms with van der Waals surface area (Å²) in [4.78, 5) is 22.8. The Balaban J connectivity index is 2.06.